The first-order chi connectivity index (χ1) is 10.1. The minimum Gasteiger partial charge on any atom is -0.435 e. The first kappa shape index (κ1) is 18.6. The smallest absolute Gasteiger partial charge is 0.387 e. The van der Waals surface area contributed by atoms with Crippen LogP contribution in [0.2, 0.25) is 0 Å². The van der Waals surface area contributed by atoms with E-state index >= 15 is 0 Å². The summed E-state index contributed by atoms with van der Waals surface area (Å²) in [7, 11) is 1.50. The molecule has 1 fully saturated rings. The van der Waals surface area contributed by atoms with E-state index in [4.69, 9.17) is 4.74 Å². The van der Waals surface area contributed by atoms with Gasteiger partial charge in [-0.25, -0.2) is 0 Å². The van der Waals surface area contributed by atoms with Gasteiger partial charge in [0.25, 0.3) is 5.91 Å². The van der Waals surface area contributed by atoms with Crippen LogP contribution in [0.25, 0.3) is 0 Å². The summed E-state index contributed by atoms with van der Waals surface area (Å²) in [6.45, 7) is -1.52. The number of hydrogen-bond acceptors (Lipinski definition) is 4. The normalized spacial score (nSPS) is 16.7. The molecule has 1 aromatic carbocycles. The number of hydrogen-bond donors (Lipinski definition) is 2. The average Bonchev–Trinajstić information content (AvgIpc) is 2.47. The Morgan fingerprint density at radius 2 is 2.05 bits per heavy atom. The number of amides is 1. The van der Waals surface area contributed by atoms with Gasteiger partial charge in [0.05, 0.1) is 0 Å². The van der Waals surface area contributed by atoms with Crippen LogP contribution in [0.3, 0.4) is 0 Å². The van der Waals surface area contributed by atoms with Crippen LogP contribution in [-0.4, -0.2) is 38.3 Å². The Balaban J connectivity index is 0.00000242. The predicted octanol–water partition coefficient (Wildman–Crippen LogP) is 2.42. The standard InChI is InChI=1S/C14H18F2N2O3.ClH/c1-20-14(5-7-17-8-6-14)12(19)18-10-3-2-4-11(9-10)21-13(15)16;/h2-4,9,13,17H,5-8H2,1H3,(H,18,19);1H. The quantitative estimate of drug-likeness (QED) is 0.867. The zero-order valence-corrected chi connectivity index (χ0v) is 12.9. The van der Waals surface area contributed by atoms with Gasteiger partial charge in [-0.05, 0) is 38.1 Å². The summed E-state index contributed by atoms with van der Waals surface area (Å²) in [5.41, 5.74) is -0.488. The highest BCUT2D eigenvalue weighted by atomic mass is 35.5. The molecule has 5 nitrogen and oxygen atoms in total. The third-order valence-corrected chi connectivity index (χ3v) is 3.53. The van der Waals surface area contributed by atoms with E-state index in [2.05, 4.69) is 15.4 Å². The van der Waals surface area contributed by atoms with Gasteiger partial charge in [-0.3, -0.25) is 4.79 Å². The van der Waals surface area contributed by atoms with Gasteiger partial charge in [-0.1, -0.05) is 6.07 Å². The number of carbonyl (C=O) groups is 1. The summed E-state index contributed by atoms with van der Waals surface area (Å²) < 4.78 is 34.1. The van der Waals surface area contributed by atoms with Crippen LogP contribution in [0, 0.1) is 0 Å². The van der Waals surface area contributed by atoms with Crippen molar-refractivity contribution in [2.24, 2.45) is 0 Å². The van der Waals surface area contributed by atoms with E-state index in [1.165, 1.54) is 25.3 Å². The van der Waals surface area contributed by atoms with Crippen LogP contribution in [-0.2, 0) is 9.53 Å². The molecule has 2 rings (SSSR count). The van der Waals surface area contributed by atoms with Crippen molar-refractivity contribution in [3.05, 3.63) is 24.3 Å². The van der Waals surface area contributed by atoms with Crippen molar-refractivity contribution in [2.45, 2.75) is 25.1 Å². The van der Waals surface area contributed by atoms with E-state index in [1.54, 1.807) is 6.07 Å². The van der Waals surface area contributed by atoms with Crippen molar-refractivity contribution in [1.29, 1.82) is 0 Å². The van der Waals surface area contributed by atoms with Crippen LogP contribution >= 0.6 is 12.4 Å². The number of halogens is 3. The molecule has 1 aromatic rings. The second kappa shape index (κ2) is 8.26. The number of methoxy groups -OCH3 is 1. The largest absolute Gasteiger partial charge is 0.435 e. The van der Waals surface area contributed by atoms with Crippen molar-refractivity contribution in [3.63, 3.8) is 0 Å². The SMILES string of the molecule is COC1(C(=O)Nc2cccc(OC(F)F)c2)CCNCC1.Cl. The Bertz CT molecular complexity index is 497. The molecule has 22 heavy (non-hydrogen) atoms. The number of ether oxygens (including phenoxy) is 2. The highest BCUT2D eigenvalue weighted by Gasteiger charge is 2.39. The Labute approximate surface area is 133 Å². The van der Waals surface area contributed by atoms with E-state index < -0.39 is 12.2 Å². The lowest BCUT2D eigenvalue weighted by Crippen LogP contribution is -2.51. The number of alkyl halides is 2. The fraction of sp³-hybridized carbons (Fsp3) is 0.500. The molecule has 1 aliphatic heterocycles. The van der Waals surface area contributed by atoms with Gasteiger partial charge in [-0.2, -0.15) is 8.78 Å². The van der Waals surface area contributed by atoms with Gasteiger partial charge in [0.2, 0.25) is 0 Å². The van der Waals surface area contributed by atoms with Crippen LogP contribution in [0.4, 0.5) is 14.5 Å². The molecular formula is C14H19ClF2N2O3. The molecule has 0 atom stereocenters. The van der Waals surface area contributed by atoms with Crippen LogP contribution < -0.4 is 15.4 Å². The predicted molar refractivity (Wildman–Crippen MR) is 80.8 cm³/mol. The van der Waals surface area contributed by atoms with E-state index in [0.717, 1.165) is 0 Å². The summed E-state index contributed by atoms with van der Waals surface area (Å²) in [6.07, 6.45) is 1.12. The molecule has 1 amide bonds. The van der Waals surface area contributed by atoms with Gasteiger partial charge in [0.15, 0.2) is 0 Å². The molecule has 0 unspecified atom stereocenters. The van der Waals surface area contributed by atoms with Crippen molar-refractivity contribution >= 4 is 24.0 Å². The van der Waals surface area contributed by atoms with Gasteiger partial charge in [0, 0.05) is 18.9 Å². The van der Waals surface area contributed by atoms with Gasteiger partial charge < -0.3 is 20.1 Å². The highest BCUT2D eigenvalue weighted by Crippen LogP contribution is 2.26. The van der Waals surface area contributed by atoms with Crippen molar-refractivity contribution in [3.8, 4) is 5.75 Å². The van der Waals surface area contributed by atoms with Crippen molar-refractivity contribution in [1.82, 2.24) is 5.32 Å². The fourth-order valence-corrected chi connectivity index (χ4v) is 2.35. The first-order valence-corrected chi connectivity index (χ1v) is 6.68. The van der Waals surface area contributed by atoms with Gasteiger partial charge >= 0.3 is 6.61 Å². The maximum Gasteiger partial charge on any atom is 0.387 e. The maximum atomic E-state index is 12.4. The van der Waals surface area contributed by atoms with E-state index in [9.17, 15) is 13.6 Å². The number of benzene rings is 1. The number of anilines is 1. The third-order valence-electron chi connectivity index (χ3n) is 3.53. The van der Waals surface area contributed by atoms with E-state index in [0.29, 0.717) is 31.6 Å². The third kappa shape index (κ3) is 4.53. The minimum atomic E-state index is -2.90. The number of nitrogens with one attached hydrogen (secondary N) is 2. The highest BCUT2D eigenvalue weighted by molar-refractivity contribution is 5.97. The molecule has 1 aliphatic rings. The zero-order valence-electron chi connectivity index (χ0n) is 12.1. The Hall–Kier alpha value is -1.44. The second-order valence-electron chi connectivity index (χ2n) is 4.81. The van der Waals surface area contributed by atoms with Crippen molar-refractivity contribution in [2.75, 3.05) is 25.5 Å². The molecule has 0 spiro atoms. The van der Waals surface area contributed by atoms with E-state index in [-0.39, 0.29) is 24.1 Å². The molecule has 2 N–H and O–H groups in total. The molecule has 8 heteroatoms. The monoisotopic (exact) mass is 336 g/mol. The zero-order chi connectivity index (χ0) is 15.3. The van der Waals surface area contributed by atoms with Crippen LogP contribution in [0.5, 0.6) is 5.75 Å². The molecule has 124 valence electrons. The maximum absolute atomic E-state index is 12.4. The Kier molecular flexibility index (Phi) is 6.99. The van der Waals surface area contributed by atoms with Crippen molar-refractivity contribution < 1.29 is 23.0 Å². The van der Waals surface area contributed by atoms with Crippen LogP contribution in [0.15, 0.2) is 24.3 Å². The molecule has 0 radical (unpaired) electrons. The summed E-state index contributed by atoms with van der Waals surface area (Å²) >= 11 is 0. The van der Waals surface area contributed by atoms with E-state index in [1.807, 2.05) is 0 Å². The summed E-state index contributed by atoms with van der Waals surface area (Å²) in [5, 5.41) is 5.86. The molecule has 0 bridgehead atoms. The minimum absolute atomic E-state index is 0. The lowest BCUT2D eigenvalue weighted by Gasteiger charge is -2.34. The van der Waals surface area contributed by atoms with Gasteiger partial charge in [-0.15, -0.1) is 12.4 Å². The number of piperidine rings is 1. The molecule has 1 saturated heterocycles. The topological polar surface area (TPSA) is 59.6 Å². The van der Waals surface area contributed by atoms with Crippen LogP contribution in [0.1, 0.15) is 12.8 Å². The summed E-state index contributed by atoms with van der Waals surface area (Å²) in [6, 6.07) is 5.91. The lowest BCUT2D eigenvalue weighted by molar-refractivity contribution is -0.140. The molecule has 1 heterocycles. The van der Waals surface area contributed by atoms with Gasteiger partial charge in [0.1, 0.15) is 11.4 Å². The molecule has 0 aromatic heterocycles. The fourth-order valence-electron chi connectivity index (χ4n) is 2.35. The summed E-state index contributed by atoms with van der Waals surface area (Å²) in [5.74, 6) is -0.278. The molecular weight excluding hydrogens is 318 g/mol. The number of carbonyl (C=O) groups excluding carboxylic acids is 1. The lowest BCUT2D eigenvalue weighted by atomic mass is 9.91. The molecule has 0 saturated carbocycles. The first-order valence-electron chi connectivity index (χ1n) is 6.68. The summed E-state index contributed by atoms with van der Waals surface area (Å²) in [4.78, 5) is 12.4. The second-order valence-corrected chi connectivity index (χ2v) is 4.81. The number of rotatable bonds is 5. The molecule has 0 aliphatic carbocycles. The Morgan fingerprint density at radius 3 is 2.64 bits per heavy atom. The average molecular weight is 337 g/mol. The Morgan fingerprint density at radius 1 is 1.36 bits per heavy atom.